The average Bonchev–Trinajstić information content (AvgIpc) is 2.78. The summed E-state index contributed by atoms with van der Waals surface area (Å²) in [5, 5.41) is 0. The molecule has 0 aromatic carbocycles. The van der Waals surface area contributed by atoms with Crippen LogP contribution >= 0.6 is 0 Å². The lowest BCUT2D eigenvalue weighted by atomic mass is 10.1. The minimum atomic E-state index is 0.470. The first-order valence-corrected chi connectivity index (χ1v) is 3.88. The first-order chi connectivity index (χ1) is 5.36. The van der Waals surface area contributed by atoms with Crippen molar-refractivity contribution < 1.29 is 4.74 Å². The molecule has 0 saturated carbocycles. The lowest BCUT2D eigenvalue weighted by Crippen LogP contribution is -1.96. The van der Waals surface area contributed by atoms with E-state index < -0.39 is 0 Å². The smallest absolute Gasteiger partial charge is 0.0850 e. The third kappa shape index (κ3) is 1.57. The van der Waals surface area contributed by atoms with Gasteiger partial charge < -0.3 is 4.74 Å². The van der Waals surface area contributed by atoms with E-state index in [0.29, 0.717) is 6.10 Å². The van der Waals surface area contributed by atoms with E-state index in [1.807, 2.05) is 19.2 Å². The second-order valence-corrected chi connectivity index (χ2v) is 2.91. The fraction of sp³-hybridized carbons (Fsp3) is 0.444. The fourth-order valence-electron chi connectivity index (χ4n) is 1.16. The lowest BCUT2D eigenvalue weighted by molar-refractivity contribution is 0.407. The number of nitrogens with zero attached hydrogens (tertiary/aromatic N) is 1. The zero-order valence-corrected chi connectivity index (χ0v) is 6.58. The maximum atomic E-state index is 5.14. The van der Waals surface area contributed by atoms with E-state index in [0.717, 1.165) is 18.7 Å². The average molecular weight is 149 g/mol. The van der Waals surface area contributed by atoms with Gasteiger partial charge in [0.2, 0.25) is 0 Å². The van der Waals surface area contributed by atoms with Gasteiger partial charge in [0, 0.05) is 18.3 Å². The summed E-state index contributed by atoms with van der Waals surface area (Å²) in [7, 11) is 0. The van der Waals surface area contributed by atoms with Gasteiger partial charge in [0.1, 0.15) is 0 Å². The monoisotopic (exact) mass is 149 g/mol. The summed E-state index contributed by atoms with van der Waals surface area (Å²) in [5.74, 6) is 0. The van der Waals surface area contributed by atoms with E-state index in [9.17, 15) is 0 Å². The highest BCUT2D eigenvalue weighted by Crippen LogP contribution is 2.16. The quantitative estimate of drug-likeness (QED) is 0.593. The molecule has 0 radical (unpaired) electrons. The van der Waals surface area contributed by atoms with Crippen molar-refractivity contribution in [2.75, 3.05) is 6.61 Å². The van der Waals surface area contributed by atoms with Crippen LogP contribution in [0.15, 0.2) is 18.3 Å². The normalized spacial score (nSPS) is 21.7. The molecule has 58 valence electrons. The maximum absolute atomic E-state index is 5.14. The fourth-order valence-corrected chi connectivity index (χ4v) is 1.16. The van der Waals surface area contributed by atoms with Crippen molar-refractivity contribution in [3.63, 3.8) is 0 Å². The molecule has 2 heterocycles. The number of hydrogen-bond acceptors (Lipinski definition) is 2. The molecular formula is C9H11NO. The SMILES string of the molecule is Cc1ncccc1CC1CO1. The van der Waals surface area contributed by atoms with E-state index in [1.54, 1.807) is 0 Å². The molecule has 2 heteroatoms. The summed E-state index contributed by atoms with van der Waals surface area (Å²) in [6, 6.07) is 4.09. The highest BCUT2D eigenvalue weighted by molar-refractivity contribution is 5.19. The van der Waals surface area contributed by atoms with Crippen molar-refractivity contribution >= 4 is 0 Å². The summed E-state index contributed by atoms with van der Waals surface area (Å²) in [6.07, 6.45) is 3.32. The second kappa shape index (κ2) is 2.62. The maximum Gasteiger partial charge on any atom is 0.0850 e. The Kier molecular flexibility index (Phi) is 1.62. The molecule has 1 unspecified atom stereocenters. The minimum absolute atomic E-state index is 0.470. The molecule has 0 spiro atoms. The standard InChI is InChI=1S/C9H11NO/c1-7-8(3-2-4-10-7)5-9-6-11-9/h2-4,9H,5-6H2,1H3. The van der Waals surface area contributed by atoms with Crippen LogP contribution in [0.5, 0.6) is 0 Å². The summed E-state index contributed by atoms with van der Waals surface area (Å²) in [5.41, 5.74) is 2.44. The lowest BCUT2D eigenvalue weighted by Gasteiger charge is -1.99. The van der Waals surface area contributed by atoms with Gasteiger partial charge in [-0.25, -0.2) is 0 Å². The van der Waals surface area contributed by atoms with Crippen molar-refractivity contribution in [3.8, 4) is 0 Å². The summed E-state index contributed by atoms with van der Waals surface area (Å²) in [6.45, 7) is 2.96. The summed E-state index contributed by atoms with van der Waals surface area (Å²) < 4.78 is 5.14. The Morgan fingerprint density at radius 2 is 2.55 bits per heavy atom. The van der Waals surface area contributed by atoms with Gasteiger partial charge in [0.15, 0.2) is 0 Å². The van der Waals surface area contributed by atoms with E-state index in [-0.39, 0.29) is 0 Å². The molecule has 11 heavy (non-hydrogen) atoms. The Bertz CT molecular complexity index is 255. The molecule has 2 rings (SSSR count). The number of hydrogen-bond donors (Lipinski definition) is 0. The van der Waals surface area contributed by atoms with Crippen molar-refractivity contribution in [1.29, 1.82) is 0 Å². The third-order valence-corrected chi connectivity index (χ3v) is 1.97. The van der Waals surface area contributed by atoms with Crippen LogP contribution in [-0.4, -0.2) is 17.7 Å². The third-order valence-electron chi connectivity index (χ3n) is 1.97. The molecule has 0 amide bonds. The number of ether oxygens (including phenoxy) is 1. The van der Waals surface area contributed by atoms with Gasteiger partial charge in [0.05, 0.1) is 12.7 Å². The first kappa shape index (κ1) is 6.80. The van der Waals surface area contributed by atoms with Crippen molar-refractivity contribution in [3.05, 3.63) is 29.6 Å². The van der Waals surface area contributed by atoms with Crippen LogP contribution in [0.3, 0.4) is 0 Å². The zero-order valence-electron chi connectivity index (χ0n) is 6.58. The molecule has 1 saturated heterocycles. The number of epoxide rings is 1. The van der Waals surface area contributed by atoms with Gasteiger partial charge in [0.25, 0.3) is 0 Å². The van der Waals surface area contributed by atoms with Crippen molar-refractivity contribution in [1.82, 2.24) is 4.98 Å². The predicted octanol–water partition coefficient (Wildman–Crippen LogP) is 1.33. The Morgan fingerprint density at radius 3 is 3.18 bits per heavy atom. The first-order valence-electron chi connectivity index (χ1n) is 3.88. The van der Waals surface area contributed by atoms with Crippen molar-refractivity contribution in [2.24, 2.45) is 0 Å². The van der Waals surface area contributed by atoms with Gasteiger partial charge in [-0.3, -0.25) is 4.98 Å². The topological polar surface area (TPSA) is 25.4 Å². The van der Waals surface area contributed by atoms with Crippen LogP contribution < -0.4 is 0 Å². The molecule has 0 aliphatic carbocycles. The minimum Gasteiger partial charge on any atom is -0.373 e. The molecule has 1 aliphatic heterocycles. The van der Waals surface area contributed by atoms with Crippen LogP contribution in [0.1, 0.15) is 11.3 Å². The van der Waals surface area contributed by atoms with Crippen LogP contribution in [0, 0.1) is 6.92 Å². The molecule has 1 atom stereocenters. The van der Waals surface area contributed by atoms with Gasteiger partial charge in [-0.1, -0.05) is 6.07 Å². The van der Waals surface area contributed by atoms with E-state index >= 15 is 0 Å². The molecule has 1 aliphatic rings. The Hall–Kier alpha value is -0.890. The van der Waals surface area contributed by atoms with E-state index in [1.165, 1.54) is 5.56 Å². The molecule has 1 aromatic rings. The van der Waals surface area contributed by atoms with Gasteiger partial charge in [-0.2, -0.15) is 0 Å². The van der Waals surface area contributed by atoms with Gasteiger partial charge in [-0.05, 0) is 18.6 Å². The van der Waals surface area contributed by atoms with Crippen molar-refractivity contribution in [2.45, 2.75) is 19.4 Å². The molecule has 1 aromatic heterocycles. The molecular weight excluding hydrogens is 138 g/mol. The van der Waals surface area contributed by atoms with Crippen LogP contribution in [0.4, 0.5) is 0 Å². The molecule has 0 N–H and O–H groups in total. The molecule has 2 nitrogen and oxygen atoms in total. The van der Waals surface area contributed by atoms with Gasteiger partial charge in [-0.15, -0.1) is 0 Å². The summed E-state index contributed by atoms with van der Waals surface area (Å²) in [4.78, 5) is 4.20. The van der Waals surface area contributed by atoms with Crippen LogP contribution in [0.25, 0.3) is 0 Å². The van der Waals surface area contributed by atoms with Crippen LogP contribution in [-0.2, 0) is 11.2 Å². The number of aromatic nitrogens is 1. The number of pyridine rings is 1. The van der Waals surface area contributed by atoms with Gasteiger partial charge >= 0.3 is 0 Å². The zero-order chi connectivity index (χ0) is 7.68. The summed E-state index contributed by atoms with van der Waals surface area (Å²) >= 11 is 0. The highest BCUT2D eigenvalue weighted by atomic mass is 16.6. The second-order valence-electron chi connectivity index (χ2n) is 2.91. The number of rotatable bonds is 2. The number of aryl methyl sites for hydroxylation is 1. The Morgan fingerprint density at radius 1 is 1.73 bits per heavy atom. The largest absolute Gasteiger partial charge is 0.373 e. The Labute approximate surface area is 66.2 Å². The molecule has 1 fully saturated rings. The van der Waals surface area contributed by atoms with Crippen LogP contribution in [0.2, 0.25) is 0 Å². The Balaban J connectivity index is 2.15. The van der Waals surface area contributed by atoms with E-state index in [4.69, 9.17) is 4.74 Å². The highest BCUT2D eigenvalue weighted by Gasteiger charge is 2.23. The predicted molar refractivity (Wildman–Crippen MR) is 42.4 cm³/mol. The van der Waals surface area contributed by atoms with E-state index in [2.05, 4.69) is 11.1 Å². The molecule has 0 bridgehead atoms.